The second-order valence-electron chi connectivity index (χ2n) is 16.9. The molecule has 0 aliphatic heterocycles. The number of rotatable bonds is 38. The summed E-state index contributed by atoms with van der Waals surface area (Å²) >= 11 is 0. The summed E-state index contributed by atoms with van der Waals surface area (Å²) in [5, 5.41) is 0. The van der Waals surface area contributed by atoms with Crippen LogP contribution in [0.5, 0.6) is 0 Å². The molecule has 2 rings (SSSR count). The fourth-order valence-electron chi connectivity index (χ4n) is 8.69. The van der Waals surface area contributed by atoms with Crippen LogP contribution in [0.15, 0.2) is 60.7 Å². The van der Waals surface area contributed by atoms with Crippen molar-refractivity contribution >= 4 is 7.26 Å². The van der Waals surface area contributed by atoms with Crippen LogP contribution in [0.4, 0.5) is 0 Å². The molecule has 0 amide bonds. The van der Waals surface area contributed by atoms with Crippen LogP contribution in [0.3, 0.4) is 0 Å². The van der Waals surface area contributed by atoms with Crippen molar-refractivity contribution in [2.45, 2.75) is 232 Å². The molecule has 0 aromatic heterocycles. The Hall–Kier alpha value is -1.13. The van der Waals surface area contributed by atoms with Crippen LogP contribution in [-0.4, -0.2) is 12.3 Å². The normalized spacial score (nSPS) is 12.1. The van der Waals surface area contributed by atoms with Gasteiger partial charge in [0.2, 0.25) is 0 Å². The Morgan fingerprint density at radius 1 is 0.275 bits per heavy atom. The fraction of sp³-hybridized carbons (Fsp3) is 0.760. The van der Waals surface area contributed by atoms with Gasteiger partial charge in [-0.2, -0.15) is 0 Å². The summed E-state index contributed by atoms with van der Waals surface area (Å²) in [7, 11) is -1.49. The van der Waals surface area contributed by atoms with Gasteiger partial charge >= 0.3 is 245 Å². The van der Waals surface area contributed by atoms with E-state index in [1.807, 2.05) is 0 Å². The molecule has 0 unspecified atom stereocenters. The third-order valence-corrected chi connectivity index (χ3v) is 17.1. The van der Waals surface area contributed by atoms with Gasteiger partial charge in [-0.15, -0.1) is 0 Å². The molecule has 0 saturated carbocycles. The van der Waals surface area contributed by atoms with E-state index in [2.05, 4.69) is 74.5 Å². The first-order valence-electron chi connectivity index (χ1n) is 23.4. The summed E-state index contributed by atoms with van der Waals surface area (Å²) in [6, 6.07) is 23.2. The van der Waals surface area contributed by atoms with Crippen molar-refractivity contribution in [1.82, 2.24) is 0 Å². The molecular formula is C50H89P. The zero-order chi connectivity index (χ0) is 36.2. The SMILES string of the molecule is CCCCCCCCCCCCCCCCCC[PH](CCCCCCCCCCCCCCCCCC)(Cc1ccccc1)Cc1ccccc1. The van der Waals surface area contributed by atoms with E-state index >= 15 is 0 Å². The van der Waals surface area contributed by atoms with Gasteiger partial charge in [-0.3, -0.25) is 0 Å². The fourth-order valence-corrected chi connectivity index (χ4v) is 14.0. The Morgan fingerprint density at radius 3 is 0.725 bits per heavy atom. The maximum absolute atomic E-state index is 2.42. The molecule has 0 saturated heterocycles. The number of hydrogen-bond donors (Lipinski definition) is 0. The van der Waals surface area contributed by atoms with E-state index in [1.165, 1.54) is 230 Å². The van der Waals surface area contributed by atoms with Gasteiger partial charge in [0.15, 0.2) is 0 Å². The van der Waals surface area contributed by atoms with E-state index in [4.69, 9.17) is 0 Å². The van der Waals surface area contributed by atoms with E-state index in [9.17, 15) is 0 Å². The molecule has 0 nitrogen and oxygen atoms in total. The second kappa shape index (κ2) is 34.6. The van der Waals surface area contributed by atoms with Crippen LogP contribution in [0, 0.1) is 0 Å². The van der Waals surface area contributed by atoms with Crippen molar-refractivity contribution in [3.63, 3.8) is 0 Å². The molecule has 1 heteroatoms. The molecular weight excluding hydrogens is 632 g/mol. The van der Waals surface area contributed by atoms with Crippen LogP contribution < -0.4 is 0 Å². The summed E-state index contributed by atoms with van der Waals surface area (Å²) in [4.78, 5) is 0. The average Bonchev–Trinajstić information content (AvgIpc) is 3.15. The first-order valence-corrected chi connectivity index (χ1v) is 26.2. The predicted octanol–water partition coefficient (Wildman–Crippen LogP) is 17.7. The average molecular weight is 721 g/mol. The summed E-state index contributed by atoms with van der Waals surface area (Å²) in [5.41, 5.74) is 3.21. The van der Waals surface area contributed by atoms with Gasteiger partial charge in [-0.05, 0) is 0 Å². The molecule has 2 aromatic rings. The van der Waals surface area contributed by atoms with Crippen molar-refractivity contribution in [2.24, 2.45) is 0 Å². The standard InChI is InChI=1S/C50H89P/c1-3-5-7-9-11-13-15-17-19-21-23-25-27-29-31-39-45-51(47-49-41-35-33-36-42-49,48-50-43-37-34-38-44-50)46-40-32-30-28-26-24-22-20-18-16-14-12-10-8-6-4-2/h33-38,41-44,51H,3-32,39-40,45-48H2,1-2H3. The molecule has 2 aromatic carbocycles. The minimum absolute atomic E-state index is 1.37. The number of unbranched alkanes of at least 4 members (excludes halogenated alkanes) is 30. The Labute approximate surface area is 321 Å². The molecule has 0 heterocycles. The van der Waals surface area contributed by atoms with Crippen LogP contribution in [0.25, 0.3) is 0 Å². The van der Waals surface area contributed by atoms with Crippen LogP contribution in [-0.2, 0) is 12.3 Å². The van der Waals surface area contributed by atoms with Gasteiger partial charge < -0.3 is 0 Å². The molecule has 0 fully saturated rings. The molecule has 0 aliphatic carbocycles. The third-order valence-electron chi connectivity index (χ3n) is 12.0. The first-order chi connectivity index (χ1) is 25.3. The van der Waals surface area contributed by atoms with Gasteiger partial charge in [0.25, 0.3) is 0 Å². The predicted molar refractivity (Wildman–Crippen MR) is 237 cm³/mol. The zero-order valence-corrected chi connectivity index (χ0v) is 35.7. The van der Waals surface area contributed by atoms with Crippen molar-refractivity contribution in [1.29, 1.82) is 0 Å². The summed E-state index contributed by atoms with van der Waals surface area (Å²) in [5.74, 6) is 0. The summed E-state index contributed by atoms with van der Waals surface area (Å²) in [6.45, 7) is 4.63. The molecule has 0 radical (unpaired) electrons. The third kappa shape index (κ3) is 27.2. The molecule has 0 atom stereocenters. The molecule has 51 heavy (non-hydrogen) atoms. The molecule has 294 valence electrons. The van der Waals surface area contributed by atoms with E-state index in [0.717, 1.165) is 0 Å². The van der Waals surface area contributed by atoms with Gasteiger partial charge in [0, 0.05) is 0 Å². The van der Waals surface area contributed by atoms with Crippen molar-refractivity contribution < 1.29 is 0 Å². The Morgan fingerprint density at radius 2 is 0.490 bits per heavy atom. The summed E-state index contributed by atoms with van der Waals surface area (Å²) < 4.78 is 0. The first kappa shape index (κ1) is 46.0. The van der Waals surface area contributed by atoms with Gasteiger partial charge in [0.1, 0.15) is 0 Å². The molecule has 0 spiro atoms. The minimum atomic E-state index is -1.49. The molecule has 0 N–H and O–H groups in total. The van der Waals surface area contributed by atoms with Gasteiger partial charge in [0.05, 0.1) is 0 Å². The van der Waals surface area contributed by atoms with Gasteiger partial charge in [-0.25, -0.2) is 0 Å². The van der Waals surface area contributed by atoms with E-state index < -0.39 is 7.26 Å². The Bertz CT molecular complexity index is 872. The van der Waals surface area contributed by atoms with E-state index in [0.29, 0.717) is 0 Å². The topological polar surface area (TPSA) is 0 Å². The summed E-state index contributed by atoms with van der Waals surface area (Å²) in [6.07, 6.45) is 52.5. The number of hydrogen-bond acceptors (Lipinski definition) is 0. The van der Waals surface area contributed by atoms with Crippen LogP contribution in [0.1, 0.15) is 230 Å². The second-order valence-corrected chi connectivity index (χ2v) is 21.6. The Balaban J connectivity index is 1.68. The zero-order valence-electron chi connectivity index (χ0n) is 34.7. The van der Waals surface area contributed by atoms with Gasteiger partial charge in [-0.1, -0.05) is 78.1 Å². The van der Waals surface area contributed by atoms with Crippen LogP contribution >= 0.6 is 7.26 Å². The monoisotopic (exact) mass is 721 g/mol. The quantitative estimate of drug-likeness (QED) is 0.0479. The maximum atomic E-state index is 2.42. The van der Waals surface area contributed by atoms with Crippen molar-refractivity contribution in [3.8, 4) is 0 Å². The Kier molecular flexibility index (Phi) is 31.2. The van der Waals surface area contributed by atoms with E-state index in [-0.39, 0.29) is 0 Å². The number of benzene rings is 2. The van der Waals surface area contributed by atoms with Crippen molar-refractivity contribution in [3.05, 3.63) is 71.8 Å². The van der Waals surface area contributed by atoms with Crippen molar-refractivity contribution in [2.75, 3.05) is 12.3 Å². The van der Waals surface area contributed by atoms with E-state index in [1.54, 1.807) is 11.1 Å². The molecule has 0 aliphatic rings. The molecule has 0 bridgehead atoms. The van der Waals surface area contributed by atoms with Crippen LogP contribution in [0.2, 0.25) is 0 Å².